The summed E-state index contributed by atoms with van der Waals surface area (Å²) in [6.45, 7) is 0. The second-order valence-electron chi connectivity index (χ2n) is 5.38. The van der Waals surface area contributed by atoms with Crippen LogP contribution < -0.4 is 5.32 Å². The maximum atomic E-state index is 13.4. The van der Waals surface area contributed by atoms with Crippen LogP contribution in [0.1, 0.15) is 26.5 Å². The lowest BCUT2D eigenvalue weighted by molar-refractivity contribution is 0.102. The Morgan fingerprint density at radius 1 is 1.12 bits per heavy atom. The number of ketones is 1. The van der Waals surface area contributed by atoms with Gasteiger partial charge < -0.3 is 9.88 Å². The lowest BCUT2D eigenvalue weighted by atomic mass is 10.1. The summed E-state index contributed by atoms with van der Waals surface area (Å²) in [5.41, 5.74) is 1.16. The molecule has 0 aliphatic carbocycles. The Morgan fingerprint density at radius 2 is 1.84 bits per heavy atom. The number of carbonyl (C=O) groups is 2. The third-order valence-electron chi connectivity index (χ3n) is 3.55. The molecule has 5 nitrogen and oxygen atoms in total. The number of aromatic nitrogens is 2. The third kappa shape index (κ3) is 3.83. The van der Waals surface area contributed by atoms with E-state index in [4.69, 9.17) is 0 Å². The molecule has 3 aromatic rings. The number of halogens is 2. The van der Waals surface area contributed by atoms with Crippen LogP contribution in [0, 0.1) is 5.82 Å². The number of benzene rings is 2. The van der Waals surface area contributed by atoms with Crippen molar-refractivity contribution in [2.24, 2.45) is 7.05 Å². The molecule has 1 amide bonds. The first-order chi connectivity index (χ1) is 11.9. The predicted octanol–water partition coefficient (Wildman–Crippen LogP) is 3.81. The van der Waals surface area contributed by atoms with Crippen LogP contribution in [0.3, 0.4) is 0 Å². The Balaban J connectivity index is 1.75. The van der Waals surface area contributed by atoms with Gasteiger partial charge in [-0.05, 0) is 42.5 Å². The number of hydrogen-bond acceptors (Lipinski definition) is 3. The molecule has 0 bridgehead atoms. The van der Waals surface area contributed by atoms with Crippen molar-refractivity contribution in [3.05, 3.63) is 82.1 Å². The first-order valence-electron chi connectivity index (χ1n) is 7.33. The average Bonchev–Trinajstić information content (AvgIpc) is 3.00. The molecule has 0 saturated heterocycles. The summed E-state index contributed by atoms with van der Waals surface area (Å²) in [5, 5.41) is 2.67. The zero-order chi connectivity index (χ0) is 18.0. The molecule has 0 aliphatic rings. The van der Waals surface area contributed by atoms with Gasteiger partial charge in [0.25, 0.3) is 5.91 Å². The number of anilines is 1. The van der Waals surface area contributed by atoms with Crippen molar-refractivity contribution < 1.29 is 14.0 Å². The van der Waals surface area contributed by atoms with Gasteiger partial charge in [0, 0.05) is 40.7 Å². The Hall–Kier alpha value is -2.80. The van der Waals surface area contributed by atoms with E-state index in [-0.39, 0.29) is 11.3 Å². The fourth-order valence-corrected chi connectivity index (χ4v) is 2.77. The van der Waals surface area contributed by atoms with Gasteiger partial charge in [-0.2, -0.15) is 0 Å². The van der Waals surface area contributed by atoms with Gasteiger partial charge in [0.1, 0.15) is 5.82 Å². The van der Waals surface area contributed by atoms with Crippen LogP contribution >= 0.6 is 15.9 Å². The molecule has 0 fully saturated rings. The molecular weight excluding hydrogens is 389 g/mol. The van der Waals surface area contributed by atoms with Crippen LogP contribution in [0.25, 0.3) is 0 Å². The van der Waals surface area contributed by atoms with Gasteiger partial charge in [-0.1, -0.05) is 15.9 Å². The molecule has 1 aromatic heterocycles. The van der Waals surface area contributed by atoms with E-state index in [1.807, 2.05) is 0 Å². The second kappa shape index (κ2) is 6.98. The third-order valence-corrected chi connectivity index (χ3v) is 4.01. The van der Waals surface area contributed by atoms with E-state index in [1.54, 1.807) is 48.3 Å². The van der Waals surface area contributed by atoms with Crippen LogP contribution in [0.15, 0.2) is 59.3 Å². The molecule has 0 unspecified atom stereocenters. The molecule has 0 radical (unpaired) electrons. The van der Waals surface area contributed by atoms with Gasteiger partial charge in [0.2, 0.25) is 5.78 Å². The van der Waals surface area contributed by atoms with Crippen molar-refractivity contribution in [3.8, 4) is 0 Å². The minimum absolute atomic E-state index is 0.194. The lowest BCUT2D eigenvalue weighted by Gasteiger charge is -2.07. The molecule has 7 heteroatoms. The summed E-state index contributed by atoms with van der Waals surface area (Å²) in [6, 6.07) is 10.4. The highest BCUT2D eigenvalue weighted by Crippen LogP contribution is 2.17. The predicted molar refractivity (Wildman–Crippen MR) is 95.1 cm³/mol. The van der Waals surface area contributed by atoms with Crippen molar-refractivity contribution in [1.82, 2.24) is 9.55 Å². The molecule has 1 N–H and O–H groups in total. The number of carbonyl (C=O) groups excluding carboxylic acids is 2. The van der Waals surface area contributed by atoms with Crippen molar-refractivity contribution in [3.63, 3.8) is 0 Å². The first-order valence-corrected chi connectivity index (χ1v) is 8.13. The fourth-order valence-electron chi connectivity index (χ4n) is 2.31. The Labute approximate surface area is 151 Å². The summed E-state index contributed by atoms with van der Waals surface area (Å²) in [4.78, 5) is 28.6. The van der Waals surface area contributed by atoms with Gasteiger partial charge in [-0.25, -0.2) is 9.37 Å². The zero-order valence-electron chi connectivity index (χ0n) is 13.2. The Morgan fingerprint density at radius 3 is 2.44 bits per heavy atom. The van der Waals surface area contributed by atoms with Crippen LogP contribution in [-0.4, -0.2) is 21.2 Å². The molecule has 3 rings (SSSR count). The van der Waals surface area contributed by atoms with Gasteiger partial charge in [0.05, 0.1) is 0 Å². The van der Waals surface area contributed by atoms with Gasteiger partial charge in [-0.3, -0.25) is 9.59 Å². The minimum Gasteiger partial charge on any atom is -0.331 e. The molecule has 1 heterocycles. The topological polar surface area (TPSA) is 64.0 Å². The number of imidazole rings is 1. The van der Waals surface area contributed by atoms with Crippen LogP contribution in [0.2, 0.25) is 0 Å². The number of hydrogen-bond donors (Lipinski definition) is 1. The van der Waals surface area contributed by atoms with Crippen molar-refractivity contribution in [2.45, 2.75) is 0 Å². The number of nitrogens with one attached hydrogen (secondary N) is 1. The maximum absolute atomic E-state index is 13.4. The fraction of sp³-hybridized carbons (Fsp3) is 0.0556. The average molecular weight is 402 g/mol. The smallest absolute Gasteiger partial charge is 0.255 e. The Kier molecular flexibility index (Phi) is 4.76. The molecule has 0 atom stereocenters. The monoisotopic (exact) mass is 401 g/mol. The van der Waals surface area contributed by atoms with Crippen LogP contribution in [-0.2, 0) is 7.05 Å². The highest BCUT2D eigenvalue weighted by molar-refractivity contribution is 9.10. The number of amides is 1. The Bertz CT molecular complexity index is 931. The van der Waals surface area contributed by atoms with Crippen LogP contribution in [0.5, 0.6) is 0 Å². The van der Waals surface area contributed by atoms with Gasteiger partial charge in [-0.15, -0.1) is 0 Å². The standard InChI is InChI=1S/C18H13BrFN3O2/c1-23-7-6-21-17(23)16(24)11-2-4-15(5-3-11)22-18(25)12-8-13(19)10-14(20)9-12/h2-10H,1H3,(H,22,25). The van der Waals surface area contributed by atoms with Gasteiger partial charge in [0.15, 0.2) is 5.82 Å². The van der Waals surface area contributed by atoms with Gasteiger partial charge >= 0.3 is 0 Å². The first kappa shape index (κ1) is 17.0. The van der Waals surface area contributed by atoms with Crippen molar-refractivity contribution >= 4 is 33.3 Å². The molecular formula is C18H13BrFN3O2. The molecule has 0 spiro atoms. The van der Waals surface area contributed by atoms with E-state index in [2.05, 4.69) is 26.2 Å². The van der Waals surface area contributed by atoms with E-state index in [1.165, 1.54) is 12.1 Å². The highest BCUT2D eigenvalue weighted by atomic mass is 79.9. The van der Waals surface area contributed by atoms with E-state index in [0.29, 0.717) is 21.5 Å². The zero-order valence-corrected chi connectivity index (χ0v) is 14.7. The molecule has 25 heavy (non-hydrogen) atoms. The summed E-state index contributed by atoms with van der Waals surface area (Å²) in [7, 11) is 1.74. The second-order valence-corrected chi connectivity index (χ2v) is 6.30. The number of aryl methyl sites for hydroxylation is 1. The van der Waals surface area contributed by atoms with Crippen molar-refractivity contribution in [1.29, 1.82) is 0 Å². The number of nitrogens with zero attached hydrogens (tertiary/aromatic N) is 2. The summed E-state index contributed by atoms with van der Waals surface area (Å²) >= 11 is 3.15. The molecule has 0 saturated carbocycles. The summed E-state index contributed by atoms with van der Waals surface area (Å²) in [6.07, 6.45) is 3.25. The normalized spacial score (nSPS) is 10.5. The summed E-state index contributed by atoms with van der Waals surface area (Å²) < 4.78 is 15.5. The largest absolute Gasteiger partial charge is 0.331 e. The van der Waals surface area contributed by atoms with E-state index in [9.17, 15) is 14.0 Å². The highest BCUT2D eigenvalue weighted by Gasteiger charge is 2.14. The van der Waals surface area contributed by atoms with E-state index < -0.39 is 11.7 Å². The van der Waals surface area contributed by atoms with E-state index >= 15 is 0 Å². The minimum atomic E-state index is -0.504. The van der Waals surface area contributed by atoms with Crippen LogP contribution in [0.4, 0.5) is 10.1 Å². The quantitative estimate of drug-likeness (QED) is 0.676. The molecule has 0 aliphatic heterocycles. The van der Waals surface area contributed by atoms with E-state index in [0.717, 1.165) is 6.07 Å². The molecule has 2 aromatic carbocycles. The summed E-state index contributed by atoms with van der Waals surface area (Å²) in [5.74, 6) is -0.820. The maximum Gasteiger partial charge on any atom is 0.255 e. The number of rotatable bonds is 4. The SMILES string of the molecule is Cn1ccnc1C(=O)c1ccc(NC(=O)c2cc(F)cc(Br)c2)cc1. The molecule has 126 valence electrons. The van der Waals surface area contributed by atoms with Crippen molar-refractivity contribution in [2.75, 3.05) is 5.32 Å². The lowest BCUT2D eigenvalue weighted by Crippen LogP contribution is -2.13.